The molecule has 0 saturated heterocycles. The summed E-state index contributed by atoms with van der Waals surface area (Å²) in [5.41, 5.74) is 2.07. The molecule has 21 heavy (non-hydrogen) atoms. The lowest BCUT2D eigenvalue weighted by molar-refractivity contribution is 0.0830. The van der Waals surface area contributed by atoms with Crippen LogP contribution in [0.5, 0.6) is 5.75 Å². The number of hydrogen-bond acceptors (Lipinski definition) is 4. The molecule has 0 spiro atoms. The predicted molar refractivity (Wildman–Crippen MR) is 84.1 cm³/mol. The third-order valence-electron chi connectivity index (χ3n) is 3.15. The fraction of sp³-hybridized carbons (Fsp3) is 0.312. The van der Waals surface area contributed by atoms with Gasteiger partial charge >= 0.3 is 0 Å². The van der Waals surface area contributed by atoms with Crippen molar-refractivity contribution in [1.29, 1.82) is 0 Å². The standard InChI is InChI=1S/C16H19NO3S/c1-11-7-15(21-10-11)16(18)17-9-14(20-3)12-5-4-6-13(8-12)19-2/h4-8,10,14H,9H2,1-3H3,(H,17,18). The van der Waals surface area contributed by atoms with Crippen LogP contribution in [0.1, 0.15) is 26.9 Å². The second kappa shape index (κ2) is 7.24. The van der Waals surface area contributed by atoms with Gasteiger partial charge in [-0.15, -0.1) is 11.3 Å². The molecule has 5 heteroatoms. The van der Waals surface area contributed by atoms with Crippen molar-refractivity contribution in [2.24, 2.45) is 0 Å². The highest BCUT2D eigenvalue weighted by Gasteiger charge is 2.14. The SMILES string of the molecule is COc1cccc(C(CNC(=O)c2cc(C)cs2)OC)c1. The smallest absolute Gasteiger partial charge is 0.261 e. The molecule has 0 saturated carbocycles. The molecule has 0 radical (unpaired) electrons. The van der Waals surface area contributed by atoms with Crippen LogP contribution in [0.3, 0.4) is 0 Å². The second-order valence-corrected chi connectivity index (χ2v) is 5.61. The maximum absolute atomic E-state index is 12.1. The minimum Gasteiger partial charge on any atom is -0.497 e. The van der Waals surface area contributed by atoms with Crippen molar-refractivity contribution >= 4 is 17.2 Å². The molecular formula is C16H19NO3S. The van der Waals surface area contributed by atoms with Gasteiger partial charge in [-0.3, -0.25) is 4.79 Å². The van der Waals surface area contributed by atoms with Crippen LogP contribution in [0, 0.1) is 6.92 Å². The third kappa shape index (κ3) is 4.06. The van der Waals surface area contributed by atoms with E-state index >= 15 is 0 Å². The van der Waals surface area contributed by atoms with Crippen LogP contribution in [0.4, 0.5) is 0 Å². The summed E-state index contributed by atoms with van der Waals surface area (Å²) in [7, 11) is 3.26. The van der Waals surface area contributed by atoms with Gasteiger partial charge in [-0.05, 0) is 41.6 Å². The van der Waals surface area contributed by atoms with Crippen molar-refractivity contribution in [3.05, 3.63) is 51.7 Å². The fourth-order valence-corrected chi connectivity index (χ4v) is 2.82. The molecule has 1 amide bonds. The molecule has 1 aromatic heterocycles. The Bertz CT molecular complexity index is 609. The summed E-state index contributed by atoms with van der Waals surface area (Å²) in [6.45, 7) is 2.39. The minimum atomic E-state index is -0.204. The summed E-state index contributed by atoms with van der Waals surface area (Å²) < 4.78 is 10.7. The quantitative estimate of drug-likeness (QED) is 0.891. The second-order valence-electron chi connectivity index (χ2n) is 4.70. The predicted octanol–water partition coefficient (Wildman–Crippen LogP) is 3.18. The van der Waals surface area contributed by atoms with Crippen molar-refractivity contribution in [2.75, 3.05) is 20.8 Å². The van der Waals surface area contributed by atoms with E-state index in [1.807, 2.05) is 42.6 Å². The zero-order valence-corrected chi connectivity index (χ0v) is 13.2. The molecule has 1 N–H and O–H groups in total. The summed E-state index contributed by atoms with van der Waals surface area (Å²) in [4.78, 5) is 12.8. The Labute approximate surface area is 128 Å². The molecule has 0 fully saturated rings. The van der Waals surface area contributed by atoms with Crippen LogP contribution in [0.15, 0.2) is 35.7 Å². The Morgan fingerprint density at radius 1 is 1.33 bits per heavy atom. The lowest BCUT2D eigenvalue weighted by Crippen LogP contribution is -2.28. The highest BCUT2D eigenvalue weighted by molar-refractivity contribution is 7.12. The fourth-order valence-electron chi connectivity index (χ4n) is 2.00. The first kappa shape index (κ1) is 15.5. The number of carbonyl (C=O) groups excluding carboxylic acids is 1. The van der Waals surface area contributed by atoms with Gasteiger partial charge in [0.15, 0.2) is 0 Å². The lowest BCUT2D eigenvalue weighted by Gasteiger charge is -2.17. The maximum Gasteiger partial charge on any atom is 0.261 e. The lowest BCUT2D eigenvalue weighted by atomic mass is 10.1. The van der Waals surface area contributed by atoms with Crippen LogP contribution in [0.2, 0.25) is 0 Å². The molecular weight excluding hydrogens is 286 g/mol. The van der Waals surface area contributed by atoms with Gasteiger partial charge in [0.2, 0.25) is 0 Å². The van der Waals surface area contributed by atoms with Crippen LogP contribution >= 0.6 is 11.3 Å². The van der Waals surface area contributed by atoms with E-state index in [-0.39, 0.29) is 12.0 Å². The van der Waals surface area contributed by atoms with Crippen LogP contribution < -0.4 is 10.1 Å². The number of ether oxygens (including phenoxy) is 2. The van der Waals surface area contributed by atoms with Gasteiger partial charge in [0.25, 0.3) is 5.91 Å². The first-order valence-corrected chi connectivity index (χ1v) is 7.52. The molecule has 0 aliphatic heterocycles. The number of benzene rings is 1. The summed E-state index contributed by atoms with van der Waals surface area (Å²) in [6.07, 6.45) is -0.204. The largest absolute Gasteiger partial charge is 0.497 e. The first-order chi connectivity index (χ1) is 10.1. The Morgan fingerprint density at radius 3 is 2.76 bits per heavy atom. The molecule has 0 aliphatic carbocycles. The van der Waals surface area contributed by atoms with Crippen LogP contribution in [-0.4, -0.2) is 26.7 Å². The molecule has 1 atom stereocenters. The summed E-state index contributed by atoms with van der Waals surface area (Å²) in [5.74, 6) is 0.702. The number of amides is 1. The van der Waals surface area contributed by atoms with Crippen LogP contribution in [-0.2, 0) is 4.74 Å². The summed E-state index contributed by atoms with van der Waals surface area (Å²) in [6, 6.07) is 9.54. The van der Waals surface area contributed by atoms with Crippen molar-refractivity contribution in [2.45, 2.75) is 13.0 Å². The Kier molecular flexibility index (Phi) is 5.36. The number of carbonyl (C=O) groups is 1. The van der Waals surface area contributed by atoms with Gasteiger partial charge in [0, 0.05) is 13.7 Å². The van der Waals surface area contributed by atoms with E-state index in [0.29, 0.717) is 11.4 Å². The van der Waals surface area contributed by atoms with Crippen molar-refractivity contribution in [1.82, 2.24) is 5.32 Å². The first-order valence-electron chi connectivity index (χ1n) is 6.64. The monoisotopic (exact) mass is 305 g/mol. The van der Waals surface area contributed by atoms with Gasteiger partial charge in [-0.2, -0.15) is 0 Å². The molecule has 0 aliphatic rings. The minimum absolute atomic E-state index is 0.0713. The molecule has 4 nitrogen and oxygen atoms in total. The van der Waals surface area contributed by atoms with Gasteiger partial charge in [0.1, 0.15) is 5.75 Å². The Morgan fingerprint density at radius 2 is 2.14 bits per heavy atom. The van der Waals surface area contributed by atoms with E-state index < -0.39 is 0 Å². The molecule has 0 bridgehead atoms. The molecule has 1 unspecified atom stereocenters. The van der Waals surface area contributed by atoms with E-state index in [1.54, 1.807) is 14.2 Å². The summed E-state index contributed by atoms with van der Waals surface area (Å²) >= 11 is 1.45. The number of aryl methyl sites for hydroxylation is 1. The van der Waals surface area contributed by atoms with E-state index in [1.165, 1.54) is 11.3 Å². The summed E-state index contributed by atoms with van der Waals surface area (Å²) in [5, 5.41) is 4.87. The molecule has 112 valence electrons. The molecule has 2 aromatic rings. The molecule has 1 aromatic carbocycles. The normalized spacial score (nSPS) is 12.0. The average Bonchev–Trinajstić information content (AvgIpc) is 2.94. The van der Waals surface area contributed by atoms with E-state index in [2.05, 4.69) is 5.32 Å². The zero-order valence-electron chi connectivity index (χ0n) is 12.4. The topological polar surface area (TPSA) is 47.6 Å². The van der Waals surface area contributed by atoms with E-state index in [9.17, 15) is 4.79 Å². The van der Waals surface area contributed by atoms with E-state index in [4.69, 9.17) is 9.47 Å². The number of methoxy groups -OCH3 is 2. The van der Waals surface area contributed by atoms with Crippen molar-refractivity contribution < 1.29 is 14.3 Å². The number of thiophene rings is 1. The van der Waals surface area contributed by atoms with Crippen molar-refractivity contribution in [3.63, 3.8) is 0 Å². The Hall–Kier alpha value is -1.85. The average molecular weight is 305 g/mol. The van der Waals surface area contributed by atoms with Crippen LogP contribution in [0.25, 0.3) is 0 Å². The zero-order chi connectivity index (χ0) is 15.2. The van der Waals surface area contributed by atoms with Gasteiger partial charge in [0.05, 0.1) is 18.1 Å². The van der Waals surface area contributed by atoms with E-state index in [0.717, 1.165) is 16.9 Å². The van der Waals surface area contributed by atoms with Crippen molar-refractivity contribution in [3.8, 4) is 5.75 Å². The number of rotatable bonds is 6. The van der Waals surface area contributed by atoms with Gasteiger partial charge < -0.3 is 14.8 Å². The maximum atomic E-state index is 12.1. The van der Waals surface area contributed by atoms with Gasteiger partial charge in [-0.25, -0.2) is 0 Å². The number of nitrogens with one attached hydrogen (secondary N) is 1. The molecule has 1 heterocycles. The highest BCUT2D eigenvalue weighted by atomic mass is 32.1. The Balaban J connectivity index is 2.00. The van der Waals surface area contributed by atoms with Gasteiger partial charge in [-0.1, -0.05) is 12.1 Å². The third-order valence-corrected chi connectivity index (χ3v) is 4.20. The number of hydrogen-bond donors (Lipinski definition) is 1. The molecule has 2 rings (SSSR count). The highest BCUT2D eigenvalue weighted by Crippen LogP contribution is 2.21.